The second-order valence-corrected chi connectivity index (χ2v) is 16.8. The number of nitrogens with zero attached hydrogens (tertiary/aromatic N) is 2. The molecule has 2 aromatic heterocycles. The molecule has 0 aliphatic carbocycles. The zero-order chi connectivity index (χ0) is 42.8. The van der Waals surface area contributed by atoms with Crippen molar-refractivity contribution in [2.45, 2.75) is 0 Å². The van der Waals surface area contributed by atoms with Gasteiger partial charge in [-0.15, -0.1) is 0 Å². The first-order chi connectivity index (χ1) is 32.2. The van der Waals surface area contributed by atoms with Gasteiger partial charge in [0, 0.05) is 32.8 Å². The summed E-state index contributed by atoms with van der Waals surface area (Å²) in [5.74, 6) is 0.708. The van der Waals surface area contributed by atoms with Crippen molar-refractivity contribution in [2.24, 2.45) is 0 Å². The van der Waals surface area contributed by atoms with Gasteiger partial charge in [-0.25, -0.2) is 9.97 Å². The summed E-state index contributed by atoms with van der Waals surface area (Å²) in [6.07, 6.45) is 0. The van der Waals surface area contributed by atoms with Gasteiger partial charge in [0.1, 0.15) is 11.2 Å². The van der Waals surface area contributed by atoms with Gasteiger partial charge in [0.2, 0.25) is 0 Å². The Labute approximate surface area is 375 Å². The lowest BCUT2D eigenvalue weighted by molar-refractivity contribution is 0.673. The highest BCUT2D eigenvalue weighted by Crippen LogP contribution is 2.45. The second kappa shape index (κ2) is 15.0. The highest BCUT2D eigenvalue weighted by Gasteiger charge is 2.19. The van der Waals surface area contributed by atoms with Gasteiger partial charge in [-0.2, -0.15) is 0 Å². The summed E-state index contributed by atoms with van der Waals surface area (Å²) in [4.78, 5) is 10.1. The van der Waals surface area contributed by atoms with Crippen LogP contribution in [0.3, 0.4) is 0 Å². The lowest BCUT2D eigenvalue weighted by atomic mass is 9.90. The maximum Gasteiger partial charge on any atom is 0.160 e. The molecule has 0 unspecified atom stereocenters. The fourth-order valence-corrected chi connectivity index (χ4v) is 9.97. The lowest BCUT2D eigenvalue weighted by Gasteiger charge is -2.13. The quantitative estimate of drug-likeness (QED) is 0.157. The van der Waals surface area contributed by atoms with Gasteiger partial charge in [-0.05, 0) is 101 Å². The van der Waals surface area contributed by atoms with Crippen LogP contribution in [0.25, 0.3) is 132 Å². The van der Waals surface area contributed by atoms with E-state index in [4.69, 9.17) is 14.4 Å². The van der Waals surface area contributed by atoms with Crippen LogP contribution in [-0.2, 0) is 0 Å². The minimum Gasteiger partial charge on any atom is -0.455 e. The van der Waals surface area contributed by atoms with E-state index in [2.05, 4.69) is 194 Å². The second-order valence-electron chi connectivity index (χ2n) is 16.8. The van der Waals surface area contributed by atoms with Crippen molar-refractivity contribution in [3.8, 4) is 67.3 Å². The Hall–Kier alpha value is -8.66. The summed E-state index contributed by atoms with van der Waals surface area (Å²) in [7, 11) is 0. The van der Waals surface area contributed by atoms with E-state index < -0.39 is 0 Å². The highest BCUT2D eigenvalue weighted by molar-refractivity contribution is 6.27. The van der Waals surface area contributed by atoms with Crippen molar-refractivity contribution in [1.29, 1.82) is 0 Å². The molecule has 0 atom stereocenters. The Kier molecular flexibility index (Phi) is 8.53. The molecular weight excluding hydrogens is 789 g/mol. The number of fused-ring (bicyclic) bond motifs is 11. The van der Waals surface area contributed by atoms with Crippen LogP contribution in [0.5, 0.6) is 0 Å². The van der Waals surface area contributed by atoms with Crippen LogP contribution < -0.4 is 0 Å². The molecule has 0 amide bonds. The van der Waals surface area contributed by atoms with Crippen molar-refractivity contribution in [3.05, 3.63) is 231 Å². The predicted octanol–water partition coefficient (Wildman–Crippen LogP) is 17.0. The summed E-state index contributed by atoms with van der Waals surface area (Å²) < 4.78 is 6.83. The predicted molar refractivity (Wildman–Crippen MR) is 272 cm³/mol. The van der Waals surface area contributed by atoms with Gasteiger partial charge in [0.05, 0.1) is 11.4 Å². The van der Waals surface area contributed by atoms with Gasteiger partial charge in [0.25, 0.3) is 0 Å². The summed E-state index contributed by atoms with van der Waals surface area (Å²) >= 11 is 0. The molecule has 3 nitrogen and oxygen atoms in total. The van der Waals surface area contributed by atoms with Crippen LogP contribution >= 0.6 is 0 Å². The molecule has 3 heteroatoms. The maximum atomic E-state index is 6.83. The maximum absolute atomic E-state index is 6.83. The molecule has 13 aromatic rings. The summed E-state index contributed by atoms with van der Waals surface area (Å²) in [5.41, 5.74) is 13.6. The summed E-state index contributed by atoms with van der Waals surface area (Å²) in [6, 6.07) is 82.2. The van der Waals surface area contributed by atoms with E-state index in [1.54, 1.807) is 0 Å². The molecule has 302 valence electrons. The van der Waals surface area contributed by atoms with Crippen LogP contribution in [0, 0.1) is 0 Å². The molecule has 11 aromatic carbocycles. The molecule has 65 heavy (non-hydrogen) atoms. The molecule has 0 aliphatic rings. The number of benzene rings is 11. The largest absolute Gasteiger partial charge is 0.455 e. The van der Waals surface area contributed by atoms with Crippen molar-refractivity contribution >= 4 is 65.0 Å². The number of aromatic nitrogens is 2. The smallest absolute Gasteiger partial charge is 0.160 e. The molecule has 13 rings (SSSR count). The van der Waals surface area contributed by atoms with Crippen molar-refractivity contribution < 1.29 is 4.42 Å². The third kappa shape index (κ3) is 6.20. The van der Waals surface area contributed by atoms with Crippen LogP contribution in [0.4, 0.5) is 0 Å². The Morgan fingerprint density at radius 3 is 1.45 bits per heavy atom. The molecule has 0 radical (unpaired) electrons. The first-order valence-electron chi connectivity index (χ1n) is 22.1. The van der Waals surface area contributed by atoms with E-state index in [1.807, 2.05) is 36.4 Å². The van der Waals surface area contributed by atoms with Gasteiger partial charge in [-0.3, -0.25) is 0 Å². The number of hydrogen-bond acceptors (Lipinski definition) is 3. The average Bonchev–Trinajstić information content (AvgIpc) is 3.78. The SMILES string of the molecule is c1ccc(-c2cc(-c3ccc(-c4cccc(-c5cc6c(oc7cccc(-c8ccc9c%10ccccc%10c%10ccccc%10c9c8)c76)c6ccccc56)c4)cc3)nc(-c3ccccc3)n2)cc1. The average molecular weight is 827 g/mol. The van der Waals surface area contributed by atoms with Crippen LogP contribution in [0.15, 0.2) is 235 Å². The van der Waals surface area contributed by atoms with Crippen LogP contribution in [-0.4, -0.2) is 9.97 Å². The third-order valence-corrected chi connectivity index (χ3v) is 13.1. The fraction of sp³-hybridized carbons (Fsp3) is 0. The first kappa shape index (κ1) is 36.9. The Morgan fingerprint density at radius 1 is 0.262 bits per heavy atom. The van der Waals surface area contributed by atoms with Gasteiger partial charge in [0.15, 0.2) is 5.82 Å². The molecule has 0 aliphatic heterocycles. The monoisotopic (exact) mass is 826 g/mol. The van der Waals surface area contributed by atoms with Gasteiger partial charge in [-0.1, -0.05) is 200 Å². The third-order valence-electron chi connectivity index (χ3n) is 13.1. The molecule has 0 spiro atoms. The van der Waals surface area contributed by atoms with Crippen LogP contribution in [0.1, 0.15) is 0 Å². The van der Waals surface area contributed by atoms with E-state index in [9.17, 15) is 0 Å². The Morgan fingerprint density at radius 2 is 0.754 bits per heavy atom. The van der Waals surface area contributed by atoms with Crippen molar-refractivity contribution in [3.63, 3.8) is 0 Å². The topological polar surface area (TPSA) is 38.9 Å². The molecule has 0 saturated carbocycles. The molecule has 0 fully saturated rings. The molecular formula is C62H38N2O. The fourth-order valence-electron chi connectivity index (χ4n) is 9.97. The number of rotatable bonds is 6. The molecule has 0 N–H and O–H groups in total. The lowest BCUT2D eigenvalue weighted by Crippen LogP contribution is -1.95. The van der Waals surface area contributed by atoms with Gasteiger partial charge < -0.3 is 4.42 Å². The van der Waals surface area contributed by atoms with E-state index in [-0.39, 0.29) is 0 Å². The zero-order valence-corrected chi connectivity index (χ0v) is 35.2. The molecule has 2 heterocycles. The highest BCUT2D eigenvalue weighted by atomic mass is 16.3. The molecule has 0 saturated heterocycles. The van der Waals surface area contributed by atoms with Crippen molar-refractivity contribution in [2.75, 3.05) is 0 Å². The first-order valence-corrected chi connectivity index (χ1v) is 22.1. The standard InChI is InChI=1S/C62H38N2O/c1-3-15-40(16-4-1)57-38-58(64-62(63-57)42-17-5-2-6-18-42)41-31-29-39(30-32-41)43-19-13-20-44(35-43)54-37-56-60-46(27-14-28-59(60)65-61(56)53-26-12-11-25-51(53)54)45-33-34-52-49-23-8-7-21-47(49)48-22-9-10-24-50(48)55(52)36-45/h1-38H. The van der Waals surface area contributed by atoms with E-state index in [0.29, 0.717) is 5.82 Å². The number of furan rings is 1. The Bertz CT molecular complexity index is 3890. The van der Waals surface area contributed by atoms with E-state index in [0.717, 1.165) is 83.0 Å². The van der Waals surface area contributed by atoms with Crippen molar-refractivity contribution in [1.82, 2.24) is 9.97 Å². The minimum atomic E-state index is 0.708. The summed E-state index contributed by atoms with van der Waals surface area (Å²) in [5, 5.41) is 12.1. The van der Waals surface area contributed by atoms with E-state index in [1.165, 1.54) is 43.4 Å². The molecule has 0 bridgehead atoms. The summed E-state index contributed by atoms with van der Waals surface area (Å²) in [6.45, 7) is 0. The zero-order valence-electron chi connectivity index (χ0n) is 35.2. The van der Waals surface area contributed by atoms with Gasteiger partial charge >= 0.3 is 0 Å². The minimum absolute atomic E-state index is 0.708. The number of hydrogen-bond donors (Lipinski definition) is 0. The van der Waals surface area contributed by atoms with E-state index >= 15 is 0 Å². The van der Waals surface area contributed by atoms with Crippen LogP contribution in [0.2, 0.25) is 0 Å². The Balaban J connectivity index is 0.925. The normalized spacial score (nSPS) is 11.7.